The summed E-state index contributed by atoms with van der Waals surface area (Å²) in [6.07, 6.45) is 7.99. The Morgan fingerprint density at radius 3 is 2.48 bits per heavy atom. The first kappa shape index (κ1) is 18.8. The molecule has 0 radical (unpaired) electrons. The van der Waals surface area contributed by atoms with Gasteiger partial charge >= 0.3 is 0 Å². The van der Waals surface area contributed by atoms with E-state index in [9.17, 15) is 9.59 Å². The van der Waals surface area contributed by atoms with Gasteiger partial charge in [0.2, 0.25) is 0 Å². The number of fused-ring (bicyclic) bond motifs is 2. The molecule has 0 bridgehead atoms. The summed E-state index contributed by atoms with van der Waals surface area (Å²) in [6.45, 7) is 1.84. The Labute approximate surface area is 178 Å². The van der Waals surface area contributed by atoms with Crippen LogP contribution < -0.4 is 0 Å². The molecular formula is C23H21ClN2O2S. The Balaban J connectivity index is 1.51. The number of imidazole rings is 1. The van der Waals surface area contributed by atoms with Crippen LogP contribution in [0.2, 0.25) is 5.02 Å². The van der Waals surface area contributed by atoms with Crippen molar-refractivity contribution >= 4 is 50.9 Å². The van der Waals surface area contributed by atoms with E-state index in [2.05, 4.69) is 11.6 Å². The largest absolute Gasteiger partial charge is 0.330 e. The van der Waals surface area contributed by atoms with Crippen LogP contribution in [0.3, 0.4) is 0 Å². The van der Waals surface area contributed by atoms with Gasteiger partial charge in [0, 0.05) is 34.0 Å². The standard InChI is InChI=1S/C23H21ClN2O2S/c1-12-8-15-16(11-18(12)24)21(28)17(20(15)27)9-14-10-19-23(29-14)25-22(26(19)2)13-6-4-3-5-7-13/h8-11,13H,3-7H2,1-2H3/b17-9+. The van der Waals surface area contributed by atoms with E-state index in [0.29, 0.717) is 22.1 Å². The van der Waals surface area contributed by atoms with Gasteiger partial charge in [-0.1, -0.05) is 30.9 Å². The molecule has 6 heteroatoms. The molecule has 3 aromatic rings. The molecule has 0 aliphatic heterocycles. The number of hydrogen-bond acceptors (Lipinski definition) is 4. The molecule has 148 valence electrons. The maximum atomic E-state index is 12.8. The van der Waals surface area contributed by atoms with E-state index in [1.807, 2.05) is 13.0 Å². The number of carbonyl (C=O) groups is 2. The number of rotatable bonds is 2. The lowest BCUT2D eigenvalue weighted by molar-refractivity contribution is 0.0990. The summed E-state index contributed by atoms with van der Waals surface area (Å²) < 4.78 is 2.18. The minimum Gasteiger partial charge on any atom is -0.330 e. The molecule has 1 aromatic carbocycles. The Hall–Kier alpha value is -2.24. The number of nitrogens with zero attached hydrogens (tertiary/aromatic N) is 2. The van der Waals surface area contributed by atoms with Crippen LogP contribution in [0.4, 0.5) is 0 Å². The Kier molecular flexibility index (Phi) is 4.48. The average Bonchev–Trinajstić information content (AvgIpc) is 3.32. The van der Waals surface area contributed by atoms with Crippen LogP contribution in [0, 0.1) is 6.92 Å². The molecule has 0 amide bonds. The third-order valence-electron chi connectivity index (χ3n) is 6.17. The number of benzene rings is 1. The normalized spacial score (nSPS) is 18.9. The molecule has 1 saturated carbocycles. The number of hydrogen-bond donors (Lipinski definition) is 0. The lowest BCUT2D eigenvalue weighted by Crippen LogP contribution is -2.10. The van der Waals surface area contributed by atoms with Crippen LogP contribution in [0.1, 0.15) is 75.0 Å². The van der Waals surface area contributed by atoms with Gasteiger partial charge in [0.1, 0.15) is 10.7 Å². The number of aromatic nitrogens is 2. The van der Waals surface area contributed by atoms with Crippen LogP contribution in [-0.4, -0.2) is 21.1 Å². The van der Waals surface area contributed by atoms with Gasteiger partial charge in [0.15, 0.2) is 11.6 Å². The monoisotopic (exact) mass is 424 g/mol. The van der Waals surface area contributed by atoms with Crippen LogP contribution in [-0.2, 0) is 7.05 Å². The molecule has 2 heterocycles. The molecule has 29 heavy (non-hydrogen) atoms. The first-order chi connectivity index (χ1) is 13.9. The van der Waals surface area contributed by atoms with Crippen molar-refractivity contribution in [1.29, 1.82) is 0 Å². The van der Waals surface area contributed by atoms with Gasteiger partial charge in [-0.15, -0.1) is 11.3 Å². The summed E-state index contributed by atoms with van der Waals surface area (Å²) in [6, 6.07) is 5.35. The van der Waals surface area contributed by atoms with Crippen molar-refractivity contribution < 1.29 is 9.59 Å². The van der Waals surface area contributed by atoms with Gasteiger partial charge < -0.3 is 4.57 Å². The van der Waals surface area contributed by atoms with Crippen LogP contribution in [0.25, 0.3) is 16.4 Å². The van der Waals surface area contributed by atoms with Crippen molar-refractivity contribution in [2.45, 2.75) is 44.9 Å². The molecule has 1 fully saturated rings. The SMILES string of the molecule is Cc1cc2c(cc1Cl)C(=O)/C(=C/c1cc3c(nc(C4CCCCC4)n3C)s1)C2=O. The number of Topliss-reactive ketones (excluding diaryl/α,β-unsaturated/α-hetero) is 2. The second-order valence-electron chi connectivity index (χ2n) is 8.07. The van der Waals surface area contributed by atoms with Gasteiger partial charge in [-0.3, -0.25) is 9.59 Å². The second-order valence-corrected chi connectivity index (χ2v) is 9.54. The quantitative estimate of drug-likeness (QED) is 0.368. The molecule has 5 rings (SSSR count). The summed E-state index contributed by atoms with van der Waals surface area (Å²) in [7, 11) is 2.06. The molecule has 2 aliphatic rings. The fraction of sp³-hybridized carbons (Fsp3) is 0.348. The third-order valence-corrected chi connectivity index (χ3v) is 7.54. The predicted octanol–water partition coefficient (Wildman–Crippen LogP) is 6.11. The molecule has 0 saturated heterocycles. The van der Waals surface area contributed by atoms with Gasteiger partial charge in [-0.2, -0.15) is 0 Å². The topological polar surface area (TPSA) is 52.0 Å². The van der Waals surface area contributed by atoms with Gasteiger partial charge in [-0.05, 0) is 49.6 Å². The summed E-state index contributed by atoms with van der Waals surface area (Å²) >= 11 is 7.69. The van der Waals surface area contributed by atoms with Crippen LogP contribution in [0.15, 0.2) is 23.8 Å². The molecule has 0 unspecified atom stereocenters. The molecule has 2 aliphatic carbocycles. The van der Waals surface area contributed by atoms with Gasteiger partial charge in [0.25, 0.3) is 0 Å². The third kappa shape index (κ3) is 2.99. The number of ketones is 2. The first-order valence-corrected chi connectivity index (χ1v) is 11.2. The Morgan fingerprint density at radius 2 is 1.79 bits per heavy atom. The van der Waals surface area contributed by atoms with E-state index >= 15 is 0 Å². The lowest BCUT2D eigenvalue weighted by atomic mass is 9.89. The zero-order valence-corrected chi connectivity index (χ0v) is 18.0. The van der Waals surface area contributed by atoms with Crippen molar-refractivity contribution in [3.63, 3.8) is 0 Å². The molecule has 4 nitrogen and oxygen atoms in total. The minimum absolute atomic E-state index is 0.209. The van der Waals surface area contributed by atoms with E-state index in [1.165, 1.54) is 43.4 Å². The number of carbonyl (C=O) groups excluding carboxylic acids is 2. The molecule has 0 spiro atoms. The maximum Gasteiger partial charge on any atom is 0.197 e. The van der Waals surface area contributed by atoms with Crippen molar-refractivity contribution in [1.82, 2.24) is 9.55 Å². The van der Waals surface area contributed by atoms with Crippen molar-refractivity contribution in [2.75, 3.05) is 0 Å². The number of halogens is 1. The smallest absolute Gasteiger partial charge is 0.197 e. The van der Waals surface area contributed by atoms with E-state index in [1.54, 1.807) is 18.2 Å². The summed E-state index contributed by atoms with van der Waals surface area (Å²) in [4.78, 5) is 32.3. The summed E-state index contributed by atoms with van der Waals surface area (Å²) in [5, 5.41) is 0.507. The number of allylic oxidation sites excluding steroid dienone is 1. The summed E-state index contributed by atoms with van der Waals surface area (Å²) in [5.41, 5.74) is 2.92. The minimum atomic E-state index is -0.250. The van der Waals surface area contributed by atoms with Gasteiger partial charge in [-0.25, -0.2) is 4.98 Å². The number of thiophene rings is 1. The van der Waals surface area contributed by atoms with Gasteiger partial charge in [0.05, 0.1) is 11.1 Å². The van der Waals surface area contributed by atoms with Crippen molar-refractivity contribution in [3.8, 4) is 0 Å². The lowest BCUT2D eigenvalue weighted by Gasteiger charge is -2.21. The molecule has 0 atom stereocenters. The highest BCUT2D eigenvalue weighted by molar-refractivity contribution is 7.19. The molecule has 2 aromatic heterocycles. The molecular weight excluding hydrogens is 404 g/mol. The van der Waals surface area contributed by atoms with E-state index in [-0.39, 0.29) is 17.1 Å². The zero-order valence-electron chi connectivity index (χ0n) is 16.4. The number of aryl methyl sites for hydroxylation is 2. The van der Waals surface area contributed by atoms with Crippen molar-refractivity contribution in [2.24, 2.45) is 7.05 Å². The highest BCUT2D eigenvalue weighted by atomic mass is 35.5. The molecule has 0 N–H and O–H groups in total. The summed E-state index contributed by atoms with van der Waals surface area (Å²) in [5.74, 6) is 1.23. The van der Waals surface area contributed by atoms with Crippen molar-refractivity contribution in [3.05, 3.63) is 56.2 Å². The van der Waals surface area contributed by atoms with E-state index in [0.717, 1.165) is 26.6 Å². The zero-order chi connectivity index (χ0) is 20.3. The van der Waals surface area contributed by atoms with E-state index < -0.39 is 0 Å². The first-order valence-electron chi connectivity index (χ1n) is 10.0. The second kappa shape index (κ2) is 6.92. The van der Waals surface area contributed by atoms with Crippen LogP contribution >= 0.6 is 22.9 Å². The average molecular weight is 425 g/mol. The predicted molar refractivity (Wildman–Crippen MR) is 117 cm³/mol. The Morgan fingerprint density at radius 1 is 1.10 bits per heavy atom. The highest BCUT2D eigenvalue weighted by Gasteiger charge is 2.34. The van der Waals surface area contributed by atoms with Crippen LogP contribution in [0.5, 0.6) is 0 Å². The highest BCUT2D eigenvalue weighted by Crippen LogP contribution is 2.37. The maximum absolute atomic E-state index is 12.8. The fourth-order valence-electron chi connectivity index (χ4n) is 4.53. The Bertz CT molecular complexity index is 1170. The van der Waals surface area contributed by atoms with E-state index in [4.69, 9.17) is 16.6 Å². The fourth-order valence-corrected chi connectivity index (χ4v) is 5.71.